The van der Waals surface area contributed by atoms with Gasteiger partial charge in [-0.1, -0.05) is 15.9 Å². The second kappa shape index (κ2) is 4.29. The minimum absolute atomic E-state index is 0. The van der Waals surface area contributed by atoms with Crippen molar-refractivity contribution in [1.29, 1.82) is 0 Å². The summed E-state index contributed by atoms with van der Waals surface area (Å²) < 4.78 is 14.2. The normalized spacial score (nSPS) is 14.0. The van der Waals surface area contributed by atoms with Crippen molar-refractivity contribution < 1.29 is 4.39 Å². The van der Waals surface area contributed by atoms with E-state index in [0.717, 1.165) is 29.4 Å². The minimum Gasteiger partial charge on any atom is -0.382 e. The molecule has 1 aromatic carbocycles. The fraction of sp³-hybridized carbons (Fsp3) is 0.333. The SMILES string of the molecule is Cl.Fc1ccc(Br)c2c1NCCC2. The summed E-state index contributed by atoms with van der Waals surface area (Å²) in [5.41, 5.74) is 1.75. The molecule has 1 nitrogen and oxygen atoms in total. The lowest BCUT2D eigenvalue weighted by Gasteiger charge is -2.19. The van der Waals surface area contributed by atoms with E-state index in [1.807, 2.05) is 0 Å². The number of anilines is 1. The Kier molecular flexibility index (Phi) is 3.56. The Morgan fingerprint density at radius 3 is 2.85 bits per heavy atom. The number of nitrogens with one attached hydrogen (secondary N) is 1. The van der Waals surface area contributed by atoms with Gasteiger partial charge in [0.15, 0.2) is 0 Å². The standard InChI is InChI=1S/C9H9BrFN.ClH/c10-7-3-4-8(11)9-6(7)2-1-5-12-9;/h3-4,12H,1-2,5H2;1H. The summed E-state index contributed by atoms with van der Waals surface area (Å²) in [6.07, 6.45) is 2.04. The molecule has 4 heteroatoms. The van der Waals surface area contributed by atoms with E-state index in [1.54, 1.807) is 6.07 Å². The number of benzene rings is 1. The highest BCUT2D eigenvalue weighted by atomic mass is 79.9. The molecule has 0 amide bonds. The lowest BCUT2D eigenvalue weighted by Crippen LogP contribution is -2.13. The van der Waals surface area contributed by atoms with E-state index in [0.29, 0.717) is 5.69 Å². The Hall–Kier alpha value is -0.280. The molecule has 0 aliphatic carbocycles. The molecule has 0 bridgehead atoms. The van der Waals surface area contributed by atoms with E-state index in [1.165, 1.54) is 6.07 Å². The highest BCUT2D eigenvalue weighted by molar-refractivity contribution is 9.10. The second-order valence-electron chi connectivity index (χ2n) is 2.91. The summed E-state index contributed by atoms with van der Waals surface area (Å²) in [5, 5.41) is 3.07. The Bertz CT molecular complexity index is 286. The van der Waals surface area contributed by atoms with E-state index in [-0.39, 0.29) is 18.2 Å². The van der Waals surface area contributed by atoms with Crippen molar-refractivity contribution in [3.8, 4) is 0 Å². The van der Waals surface area contributed by atoms with Crippen LogP contribution in [0.3, 0.4) is 0 Å². The van der Waals surface area contributed by atoms with Crippen LogP contribution in [-0.2, 0) is 6.42 Å². The van der Waals surface area contributed by atoms with E-state index in [4.69, 9.17) is 0 Å². The number of fused-ring (bicyclic) bond motifs is 1. The summed E-state index contributed by atoms with van der Waals surface area (Å²) in [6, 6.07) is 3.25. The molecule has 1 heterocycles. The van der Waals surface area contributed by atoms with Gasteiger partial charge >= 0.3 is 0 Å². The molecule has 0 saturated heterocycles. The van der Waals surface area contributed by atoms with Gasteiger partial charge in [0.2, 0.25) is 0 Å². The van der Waals surface area contributed by atoms with Gasteiger partial charge in [-0.3, -0.25) is 0 Å². The van der Waals surface area contributed by atoms with Crippen molar-refractivity contribution in [2.45, 2.75) is 12.8 Å². The number of hydrogen-bond acceptors (Lipinski definition) is 1. The van der Waals surface area contributed by atoms with Gasteiger partial charge in [0.1, 0.15) is 5.82 Å². The van der Waals surface area contributed by atoms with Crippen LogP contribution in [-0.4, -0.2) is 6.54 Å². The van der Waals surface area contributed by atoms with Crippen LogP contribution >= 0.6 is 28.3 Å². The topological polar surface area (TPSA) is 12.0 Å². The fourth-order valence-electron chi connectivity index (χ4n) is 1.51. The molecule has 1 aliphatic heterocycles. The van der Waals surface area contributed by atoms with Crippen molar-refractivity contribution in [3.63, 3.8) is 0 Å². The van der Waals surface area contributed by atoms with Crippen LogP contribution in [0.4, 0.5) is 10.1 Å². The molecule has 13 heavy (non-hydrogen) atoms. The Labute approximate surface area is 91.3 Å². The lowest BCUT2D eigenvalue weighted by molar-refractivity contribution is 0.622. The summed E-state index contributed by atoms with van der Waals surface area (Å²) in [5.74, 6) is -0.145. The average Bonchev–Trinajstić information content (AvgIpc) is 2.12. The van der Waals surface area contributed by atoms with Crippen molar-refractivity contribution in [1.82, 2.24) is 0 Å². The van der Waals surface area contributed by atoms with Gasteiger partial charge in [0.05, 0.1) is 5.69 Å². The average molecular weight is 267 g/mol. The zero-order chi connectivity index (χ0) is 8.55. The largest absolute Gasteiger partial charge is 0.382 e. The first-order valence-electron chi connectivity index (χ1n) is 4.00. The molecule has 0 aromatic heterocycles. The van der Waals surface area contributed by atoms with Crippen LogP contribution in [0, 0.1) is 5.82 Å². The first-order valence-corrected chi connectivity index (χ1v) is 4.79. The summed E-state index contributed by atoms with van der Waals surface area (Å²) in [4.78, 5) is 0. The van der Waals surface area contributed by atoms with Gasteiger partial charge in [0.25, 0.3) is 0 Å². The van der Waals surface area contributed by atoms with Crippen molar-refractivity contribution in [2.75, 3.05) is 11.9 Å². The highest BCUT2D eigenvalue weighted by Crippen LogP contribution is 2.31. The van der Waals surface area contributed by atoms with Gasteiger partial charge in [-0.2, -0.15) is 0 Å². The molecular weight excluding hydrogens is 256 g/mol. The third-order valence-electron chi connectivity index (χ3n) is 2.11. The molecule has 0 fully saturated rings. The molecule has 0 spiro atoms. The van der Waals surface area contributed by atoms with Crippen LogP contribution < -0.4 is 5.32 Å². The smallest absolute Gasteiger partial charge is 0.146 e. The summed E-state index contributed by atoms with van der Waals surface area (Å²) in [6.45, 7) is 0.875. The third kappa shape index (κ3) is 1.97. The maximum Gasteiger partial charge on any atom is 0.146 e. The number of hydrogen-bond donors (Lipinski definition) is 1. The summed E-state index contributed by atoms with van der Waals surface area (Å²) in [7, 11) is 0. The molecule has 0 unspecified atom stereocenters. The minimum atomic E-state index is -0.145. The van der Waals surface area contributed by atoms with Crippen LogP contribution in [0.15, 0.2) is 16.6 Å². The van der Waals surface area contributed by atoms with E-state index >= 15 is 0 Å². The number of rotatable bonds is 0. The van der Waals surface area contributed by atoms with Crippen LogP contribution in [0.25, 0.3) is 0 Å². The van der Waals surface area contributed by atoms with Crippen LogP contribution in [0.5, 0.6) is 0 Å². The Morgan fingerprint density at radius 1 is 1.38 bits per heavy atom. The monoisotopic (exact) mass is 265 g/mol. The Balaban J connectivity index is 0.000000845. The molecule has 1 aliphatic rings. The predicted octanol–water partition coefficient (Wildman–Crippen LogP) is 3.37. The van der Waals surface area contributed by atoms with Crippen molar-refractivity contribution in [3.05, 3.63) is 28.0 Å². The maximum absolute atomic E-state index is 13.2. The van der Waals surface area contributed by atoms with Crippen LogP contribution in [0.2, 0.25) is 0 Å². The predicted molar refractivity (Wildman–Crippen MR) is 58.2 cm³/mol. The molecule has 72 valence electrons. The third-order valence-corrected chi connectivity index (χ3v) is 2.85. The number of halogens is 3. The van der Waals surface area contributed by atoms with Gasteiger partial charge in [-0.05, 0) is 30.5 Å². The summed E-state index contributed by atoms with van der Waals surface area (Å²) >= 11 is 3.41. The molecule has 0 radical (unpaired) electrons. The van der Waals surface area contributed by atoms with Crippen LogP contribution in [0.1, 0.15) is 12.0 Å². The first-order chi connectivity index (χ1) is 5.79. The second-order valence-corrected chi connectivity index (χ2v) is 3.77. The van der Waals surface area contributed by atoms with E-state index in [2.05, 4.69) is 21.2 Å². The molecule has 0 atom stereocenters. The maximum atomic E-state index is 13.2. The van der Waals surface area contributed by atoms with Crippen molar-refractivity contribution in [2.24, 2.45) is 0 Å². The van der Waals surface area contributed by atoms with Gasteiger partial charge in [-0.25, -0.2) is 4.39 Å². The molecule has 1 aromatic rings. The molecule has 2 rings (SSSR count). The molecular formula is C9H10BrClFN. The molecule has 0 saturated carbocycles. The van der Waals surface area contributed by atoms with E-state index in [9.17, 15) is 4.39 Å². The van der Waals surface area contributed by atoms with Gasteiger partial charge < -0.3 is 5.32 Å². The zero-order valence-corrected chi connectivity index (χ0v) is 9.34. The van der Waals surface area contributed by atoms with Crippen molar-refractivity contribution >= 4 is 34.0 Å². The highest BCUT2D eigenvalue weighted by Gasteiger charge is 2.14. The van der Waals surface area contributed by atoms with Gasteiger partial charge in [-0.15, -0.1) is 12.4 Å². The van der Waals surface area contributed by atoms with Gasteiger partial charge in [0, 0.05) is 11.0 Å². The van der Waals surface area contributed by atoms with E-state index < -0.39 is 0 Å². The first kappa shape index (κ1) is 10.8. The Morgan fingerprint density at radius 2 is 2.15 bits per heavy atom. The quantitative estimate of drug-likeness (QED) is 0.759. The fourth-order valence-corrected chi connectivity index (χ4v) is 2.04. The zero-order valence-electron chi connectivity index (χ0n) is 6.94. The lowest BCUT2D eigenvalue weighted by atomic mass is 10.0. The molecule has 1 N–H and O–H groups in total.